The third-order valence-electron chi connectivity index (χ3n) is 7.78. The SMILES string of the molecule is O=C1NC(O)CCC1N1Cc2cc(O[C@@H]3CCC[C@H]3N3CCc4ncccc4C3)ccc2C1=O. The van der Waals surface area contributed by atoms with Gasteiger partial charge in [0.05, 0.1) is 0 Å². The fourth-order valence-electron chi connectivity index (χ4n) is 6.03. The van der Waals surface area contributed by atoms with E-state index in [0.29, 0.717) is 31.0 Å². The summed E-state index contributed by atoms with van der Waals surface area (Å²) in [5, 5.41) is 12.2. The van der Waals surface area contributed by atoms with Crippen molar-refractivity contribution in [3.63, 3.8) is 0 Å². The number of rotatable bonds is 4. The molecule has 34 heavy (non-hydrogen) atoms. The van der Waals surface area contributed by atoms with Gasteiger partial charge in [-0.3, -0.25) is 19.5 Å². The first-order valence-electron chi connectivity index (χ1n) is 12.3. The molecule has 1 saturated carbocycles. The average molecular weight is 463 g/mol. The first kappa shape index (κ1) is 21.6. The molecule has 0 bridgehead atoms. The van der Waals surface area contributed by atoms with Crippen molar-refractivity contribution in [2.75, 3.05) is 6.54 Å². The van der Waals surface area contributed by atoms with E-state index in [-0.39, 0.29) is 17.9 Å². The molecule has 1 aromatic heterocycles. The van der Waals surface area contributed by atoms with Gasteiger partial charge in [0.1, 0.15) is 24.1 Å². The van der Waals surface area contributed by atoms with E-state index in [1.165, 1.54) is 11.3 Å². The fraction of sp³-hybridized carbons (Fsp3) is 0.500. The van der Waals surface area contributed by atoms with Crippen LogP contribution in [0, 0.1) is 0 Å². The Morgan fingerprint density at radius 2 is 1.97 bits per heavy atom. The Morgan fingerprint density at radius 1 is 1.06 bits per heavy atom. The van der Waals surface area contributed by atoms with Crippen molar-refractivity contribution >= 4 is 11.8 Å². The minimum atomic E-state index is -0.826. The van der Waals surface area contributed by atoms with Crippen molar-refractivity contribution in [2.24, 2.45) is 0 Å². The van der Waals surface area contributed by atoms with Gasteiger partial charge in [0, 0.05) is 49.6 Å². The summed E-state index contributed by atoms with van der Waals surface area (Å²) < 4.78 is 6.51. The molecule has 2 fully saturated rings. The molecule has 6 rings (SSSR count). The van der Waals surface area contributed by atoms with E-state index in [4.69, 9.17) is 4.74 Å². The van der Waals surface area contributed by atoms with Crippen LogP contribution in [0.4, 0.5) is 0 Å². The van der Waals surface area contributed by atoms with Gasteiger partial charge in [-0.1, -0.05) is 6.07 Å². The van der Waals surface area contributed by atoms with Crippen LogP contribution in [0.25, 0.3) is 0 Å². The summed E-state index contributed by atoms with van der Waals surface area (Å²) in [6.07, 6.45) is 6.35. The number of nitrogens with zero attached hydrogens (tertiary/aromatic N) is 3. The molecule has 2 N–H and O–H groups in total. The van der Waals surface area contributed by atoms with Gasteiger partial charge >= 0.3 is 0 Å². The lowest BCUT2D eigenvalue weighted by atomic mass is 10.0. The highest BCUT2D eigenvalue weighted by atomic mass is 16.5. The quantitative estimate of drug-likeness (QED) is 0.722. The minimum absolute atomic E-state index is 0.120. The molecule has 2 aromatic rings. The lowest BCUT2D eigenvalue weighted by Crippen LogP contribution is -2.54. The summed E-state index contributed by atoms with van der Waals surface area (Å²) in [7, 11) is 0. The van der Waals surface area contributed by atoms with Gasteiger partial charge < -0.3 is 20.1 Å². The number of benzene rings is 1. The highest BCUT2D eigenvalue weighted by molar-refractivity contribution is 6.01. The molecule has 2 amide bonds. The summed E-state index contributed by atoms with van der Waals surface area (Å²) in [5.41, 5.74) is 4.06. The standard InChI is InChI=1S/C26H30N4O4/c31-24-9-8-22(25(32)28-24)30-15-17-13-18(6-7-19(17)26(30)33)34-23-5-1-4-21(23)29-12-10-20-16(14-29)3-2-11-27-20/h2-3,6-7,11,13,21-24,31H,1,4-5,8-10,12,14-15H2,(H,28,32)/t21-,22?,23-,24?/m1/s1. The normalized spacial score (nSPS) is 29.0. The predicted octanol–water partition coefficient (Wildman–Crippen LogP) is 1.99. The number of fused-ring (bicyclic) bond motifs is 2. The van der Waals surface area contributed by atoms with E-state index < -0.39 is 12.3 Å². The number of ether oxygens (including phenoxy) is 1. The number of hydrogen-bond donors (Lipinski definition) is 2. The summed E-state index contributed by atoms with van der Waals surface area (Å²) in [5.74, 6) is 0.369. The predicted molar refractivity (Wildman–Crippen MR) is 124 cm³/mol. The summed E-state index contributed by atoms with van der Waals surface area (Å²) in [6.45, 7) is 2.31. The number of aliphatic hydroxyl groups is 1. The van der Waals surface area contributed by atoms with Crippen molar-refractivity contribution < 1.29 is 19.4 Å². The van der Waals surface area contributed by atoms with Crippen LogP contribution in [0.1, 0.15) is 59.3 Å². The van der Waals surface area contributed by atoms with E-state index >= 15 is 0 Å². The molecule has 1 aliphatic carbocycles. The van der Waals surface area contributed by atoms with Crippen LogP contribution in [0.5, 0.6) is 5.75 Å². The van der Waals surface area contributed by atoms with Crippen LogP contribution in [0.15, 0.2) is 36.5 Å². The molecule has 4 aliphatic rings. The number of carbonyl (C=O) groups excluding carboxylic acids is 2. The van der Waals surface area contributed by atoms with Gasteiger partial charge in [0.15, 0.2) is 0 Å². The van der Waals surface area contributed by atoms with Gasteiger partial charge in [-0.25, -0.2) is 0 Å². The zero-order chi connectivity index (χ0) is 23.2. The maximum atomic E-state index is 13.0. The molecule has 1 saturated heterocycles. The third kappa shape index (κ3) is 3.84. The van der Waals surface area contributed by atoms with Crippen LogP contribution in [0.2, 0.25) is 0 Å². The second kappa shape index (κ2) is 8.67. The van der Waals surface area contributed by atoms with Crippen LogP contribution in [-0.4, -0.2) is 62.7 Å². The molecular formula is C26H30N4O4. The number of aliphatic hydroxyl groups excluding tert-OH is 1. The second-order valence-electron chi connectivity index (χ2n) is 9.85. The zero-order valence-corrected chi connectivity index (χ0v) is 19.2. The van der Waals surface area contributed by atoms with Crippen LogP contribution < -0.4 is 10.1 Å². The Bertz CT molecular complexity index is 1120. The van der Waals surface area contributed by atoms with Crippen LogP contribution in [-0.2, 0) is 24.3 Å². The Balaban J connectivity index is 1.15. The first-order chi connectivity index (χ1) is 16.6. The number of hydrogen-bond acceptors (Lipinski definition) is 6. The van der Waals surface area contributed by atoms with Gasteiger partial charge in [0.25, 0.3) is 5.91 Å². The van der Waals surface area contributed by atoms with Gasteiger partial charge in [-0.15, -0.1) is 0 Å². The molecule has 0 radical (unpaired) electrons. The summed E-state index contributed by atoms with van der Waals surface area (Å²) >= 11 is 0. The maximum Gasteiger partial charge on any atom is 0.255 e. The zero-order valence-electron chi connectivity index (χ0n) is 19.2. The number of aromatic nitrogens is 1. The summed E-state index contributed by atoms with van der Waals surface area (Å²) in [6, 6.07) is 9.70. The smallest absolute Gasteiger partial charge is 0.255 e. The Kier molecular flexibility index (Phi) is 5.50. The Labute approximate surface area is 198 Å². The van der Waals surface area contributed by atoms with Gasteiger partial charge in [-0.05, 0) is 67.5 Å². The number of carbonyl (C=O) groups is 2. The largest absolute Gasteiger partial charge is 0.489 e. The molecular weight excluding hydrogens is 432 g/mol. The van der Waals surface area contributed by atoms with E-state index in [1.807, 2.05) is 30.5 Å². The van der Waals surface area contributed by atoms with E-state index in [1.54, 1.807) is 4.90 Å². The Morgan fingerprint density at radius 3 is 2.85 bits per heavy atom. The van der Waals surface area contributed by atoms with Crippen LogP contribution in [0.3, 0.4) is 0 Å². The monoisotopic (exact) mass is 462 g/mol. The first-order valence-corrected chi connectivity index (χ1v) is 12.3. The average Bonchev–Trinajstić information content (AvgIpc) is 3.43. The topological polar surface area (TPSA) is 95.0 Å². The highest BCUT2D eigenvalue weighted by Gasteiger charge is 2.40. The fourth-order valence-corrected chi connectivity index (χ4v) is 6.03. The molecule has 4 heterocycles. The maximum absolute atomic E-state index is 13.0. The molecule has 3 aliphatic heterocycles. The van der Waals surface area contributed by atoms with Crippen molar-refractivity contribution in [1.29, 1.82) is 0 Å². The molecule has 8 heteroatoms. The van der Waals surface area contributed by atoms with E-state index in [2.05, 4.69) is 21.3 Å². The Hall–Kier alpha value is -2.97. The number of piperidine rings is 1. The third-order valence-corrected chi connectivity index (χ3v) is 7.78. The van der Waals surface area contributed by atoms with Gasteiger partial charge in [0.2, 0.25) is 5.91 Å². The lowest BCUT2D eigenvalue weighted by molar-refractivity contribution is -0.132. The van der Waals surface area contributed by atoms with E-state index in [0.717, 1.165) is 50.1 Å². The van der Waals surface area contributed by atoms with Crippen LogP contribution >= 0.6 is 0 Å². The van der Waals surface area contributed by atoms with Crippen molar-refractivity contribution in [3.8, 4) is 5.75 Å². The molecule has 0 spiro atoms. The lowest BCUT2D eigenvalue weighted by Gasteiger charge is -2.36. The summed E-state index contributed by atoms with van der Waals surface area (Å²) in [4.78, 5) is 34.0. The van der Waals surface area contributed by atoms with Crippen molar-refractivity contribution in [2.45, 2.75) is 76.0 Å². The number of pyridine rings is 1. The number of nitrogens with one attached hydrogen (secondary N) is 1. The highest BCUT2D eigenvalue weighted by Crippen LogP contribution is 2.34. The molecule has 2 unspecified atom stereocenters. The molecule has 4 atom stereocenters. The second-order valence-corrected chi connectivity index (χ2v) is 9.85. The molecule has 8 nitrogen and oxygen atoms in total. The van der Waals surface area contributed by atoms with Crippen molar-refractivity contribution in [1.82, 2.24) is 20.1 Å². The van der Waals surface area contributed by atoms with Gasteiger partial charge in [-0.2, -0.15) is 0 Å². The molecule has 1 aromatic carbocycles. The van der Waals surface area contributed by atoms with Crippen molar-refractivity contribution in [3.05, 3.63) is 58.9 Å². The minimum Gasteiger partial charge on any atom is -0.489 e. The van der Waals surface area contributed by atoms with E-state index in [9.17, 15) is 14.7 Å². The molecule has 178 valence electrons. The number of amides is 2.